The van der Waals surface area contributed by atoms with Gasteiger partial charge in [-0.15, -0.1) is 0 Å². The maximum atomic E-state index is 13.3. The zero-order valence-electron chi connectivity index (χ0n) is 16.6. The first-order valence-electron chi connectivity index (χ1n) is 10.3. The molecule has 1 aromatic carbocycles. The van der Waals surface area contributed by atoms with E-state index in [0.29, 0.717) is 11.8 Å². The predicted octanol–water partition coefficient (Wildman–Crippen LogP) is 3.59. The van der Waals surface area contributed by atoms with Crippen LogP contribution >= 0.6 is 0 Å². The lowest BCUT2D eigenvalue weighted by molar-refractivity contribution is -0.149. The molecule has 0 saturated heterocycles. The van der Waals surface area contributed by atoms with Crippen LogP contribution < -0.4 is 15.6 Å². The Morgan fingerprint density at radius 1 is 1.03 bits per heavy atom. The second-order valence-corrected chi connectivity index (χ2v) is 9.14. The molecule has 1 heterocycles. The molecule has 4 aliphatic carbocycles. The minimum atomic E-state index is -0.432. The minimum Gasteiger partial charge on any atom is -0.497 e. The fourth-order valence-corrected chi connectivity index (χ4v) is 6.53. The van der Waals surface area contributed by atoms with Crippen molar-refractivity contribution in [2.24, 2.45) is 17.3 Å². The van der Waals surface area contributed by atoms with Crippen LogP contribution in [-0.2, 0) is 10.2 Å². The number of rotatable bonds is 4. The van der Waals surface area contributed by atoms with Crippen LogP contribution in [0.15, 0.2) is 47.1 Å². The minimum absolute atomic E-state index is 0.0404. The normalized spacial score (nSPS) is 32.0. The highest BCUT2D eigenvalue weighted by molar-refractivity contribution is 5.93. The highest BCUT2D eigenvalue weighted by atomic mass is 16.5. The lowest BCUT2D eigenvalue weighted by atomic mass is 9.42. The molecule has 2 amide bonds. The fraction of sp³-hybridized carbons (Fsp3) is 0.478. The van der Waals surface area contributed by atoms with E-state index in [2.05, 4.69) is 23.0 Å². The van der Waals surface area contributed by atoms with Gasteiger partial charge in [0.1, 0.15) is 5.75 Å². The third-order valence-corrected chi connectivity index (χ3v) is 7.28. The first-order valence-corrected chi connectivity index (χ1v) is 10.3. The summed E-state index contributed by atoms with van der Waals surface area (Å²) in [6.45, 7) is 0. The van der Waals surface area contributed by atoms with E-state index in [1.165, 1.54) is 18.2 Å². The summed E-state index contributed by atoms with van der Waals surface area (Å²) >= 11 is 0. The van der Waals surface area contributed by atoms with Crippen molar-refractivity contribution in [2.75, 3.05) is 7.11 Å². The molecular weight excluding hydrogens is 368 g/mol. The zero-order chi connectivity index (χ0) is 20.1. The molecule has 6 rings (SSSR count). The molecule has 2 aromatic rings. The van der Waals surface area contributed by atoms with Gasteiger partial charge < -0.3 is 9.15 Å². The van der Waals surface area contributed by atoms with Crippen molar-refractivity contribution >= 4 is 11.8 Å². The van der Waals surface area contributed by atoms with Gasteiger partial charge in [-0.25, -0.2) is 0 Å². The molecule has 0 radical (unpaired) electrons. The molecule has 4 aliphatic rings. The summed E-state index contributed by atoms with van der Waals surface area (Å²) in [5.74, 6) is 1.66. The van der Waals surface area contributed by atoms with Crippen LogP contribution in [0.2, 0.25) is 0 Å². The Morgan fingerprint density at radius 3 is 2.38 bits per heavy atom. The van der Waals surface area contributed by atoms with Gasteiger partial charge in [0.05, 0.1) is 18.8 Å². The van der Waals surface area contributed by atoms with Crippen molar-refractivity contribution in [3.8, 4) is 5.75 Å². The molecule has 4 fully saturated rings. The van der Waals surface area contributed by atoms with Crippen molar-refractivity contribution in [3.63, 3.8) is 0 Å². The average Bonchev–Trinajstić information content (AvgIpc) is 3.26. The zero-order valence-corrected chi connectivity index (χ0v) is 16.6. The van der Waals surface area contributed by atoms with E-state index in [1.807, 2.05) is 12.1 Å². The second-order valence-electron chi connectivity index (χ2n) is 9.14. The number of methoxy groups -OCH3 is 1. The predicted molar refractivity (Wildman–Crippen MR) is 106 cm³/mol. The van der Waals surface area contributed by atoms with Crippen LogP contribution in [0, 0.1) is 17.3 Å². The lowest BCUT2D eigenvalue weighted by Gasteiger charge is -2.61. The molecule has 6 heteroatoms. The smallest absolute Gasteiger partial charge is 0.305 e. The van der Waals surface area contributed by atoms with E-state index in [1.54, 1.807) is 19.2 Å². The number of amides is 2. The number of hydrogen-bond acceptors (Lipinski definition) is 4. The van der Waals surface area contributed by atoms with Crippen LogP contribution in [-0.4, -0.2) is 18.9 Å². The summed E-state index contributed by atoms with van der Waals surface area (Å²) in [6, 6.07) is 11.6. The Morgan fingerprint density at radius 2 is 1.76 bits per heavy atom. The third-order valence-electron chi connectivity index (χ3n) is 7.28. The number of hydrazine groups is 1. The van der Waals surface area contributed by atoms with E-state index in [-0.39, 0.29) is 17.1 Å². The number of hydrogen-bond donors (Lipinski definition) is 2. The summed E-state index contributed by atoms with van der Waals surface area (Å²) < 4.78 is 10.4. The first kappa shape index (κ1) is 18.3. The number of carbonyl (C=O) groups is 2. The Labute approximate surface area is 170 Å². The standard InChI is InChI=1S/C23H26N2O4/c1-28-18-6-4-17(5-7-18)22-10-15-9-16(11-22)13-23(12-15,14-22)21(27)25-24-20(26)19-3-2-8-29-19/h2-8,15-16H,9-14H2,1H3,(H,24,26)(H,25,27)/t15-,16-,22?,23?/m1/s1. The largest absolute Gasteiger partial charge is 0.497 e. The number of ether oxygens (including phenoxy) is 1. The van der Waals surface area contributed by atoms with Gasteiger partial charge in [0.2, 0.25) is 5.91 Å². The van der Waals surface area contributed by atoms with Crippen LogP contribution in [0.3, 0.4) is 0 Å². The van der Waals surface area contributed by atoms with E-state index in [9.17, 15) is 9.59 Å². The van der Waals surface area contributed by atoms with Gasteiger partial charge in [-0.05, 0) is 85.6 Å². The quantitative estimate of drug-likeness (QED) is 0.777. The highest BCUT2D eigenvalue weighted by Gasteiger charge is 2.61. The van der Waals surface area contributed by atoms with E-state index in [4.69, 9.17) is 9.15 Å². The molecular formula is C23H26N2O4. The van der Waals surface area contributed by atoms with Crippen molar-refractivity contribution in [3.05, 3.63) is 54.0 Å². The Balaban J connectivity index is 1.37. The van der Waals surface area contributed by atoms with Crippen molar-refractivity contribution < 1.29 is 18.7 Å². The molecule has 2 N–H and O–H groups in total. The summed E-state index contributed by atoms with van der Waals surface area (Å²) in [5.41, 5.74) is 6.16. The lowest BCUT2D eigenvalue weighted by Crippen LogP contribution is -2.60. The Kier molecular flexibility index (Phi) is 4.19. The molecule has 0 spiro atoms. The van der Waals surface area contributed by atoms with Crippen LogP contribution in [0.25, 0.3) is 0 Å². The topological polar surface area (TPSA) is 80.6 Å². The Hall–Kier alpha value is -2.76. The van der Waals surface area contributed by atoms with Gasteiger partial charge in [-0.3, -0.25) is 20.4 Å². The summed E-state index contributed by atoms with van der Waals surface area (Å²) in [5, 5.41) is 0. The molecule has 152 valence electrons. The van der Waals surface area contributed by atoms with Crippen molar-refractivity contribution in [1.82, 2.24) is 10.9 Å². The van der Waals surface area contributed by atoms with Crippen LogP contribution in [0.1, 0.15) is 54.6 Å². The van der Waals surface area contributed by atoms with E-state index < -0.39 is 11.3 Å². The van der Waals surface area contributed by atoms with Crippen LogP contribution in [0.5, 0.6) is 5.75 Å². The fourth-order valence-electron chi connectivity index (χ4n) is 6.53. The monoisotopic (exact) mass is 394 g/mol. The van der Waals surface area contributed by atoms with Gasteiger partial charge >= 0.3 is 5.91 Å². The highest BCUT2D eigenvalue weighted by Crippen LogP contribution is 2.65. The number of carbonyl (C=O) groups excluding carboxylic acids is 2. The molecule has 4 saturated carbocycles. The van der Waals surface area contributed by atoms with Gasteiger partial charge in [0.15, 0.2) is 5.76 Å². The van der Waals surface area contributed by atoms with Crippen molar-refractivity contribution in [2.45, 2.75) is 43.9 Å². The molecule has 4 bridgehead atoms. The maximum Gasteiger partial charge on any atom is 0.305 e. The van der Waals surface area contributed by atoms with Crippen molar-refractivity contribution in [1.29, 1.82) is 0 Å². The summed E-state index contributed by atoms with van der Waals surface area (Å²) in [6.07, 6.45) is 7.59. The summed E-state index contributed by atoms with van der Waals surface area (Å²) in [7, 11) is 1.68. The third kappa shape index (κ3) is 3.02. The number of benzene rings is 1. The number of furan rings is 1. The molecule has 2 atom stereocenters. The van der Waals surface area contributed by atoms with E-state index in [0.717, 1.165) is 37.9 Å². The molecule has 6 nitrogen and oxygen atoms in total. The maximum absolute atomic E-state index is 13.3. The average molecular weight is 394 g/mol. The Bertz CT molecular complexity index is 905. The summed E-state index contributed by atoms with van der Waals surface area (Å²) in [4.78, 5) is 25.4. The SMILES string of the molecule is COc1ccc(C23C[C@H]4C[C@@H](CC(C(=O)NNC(=O)c5ccco5)(C4)C2)C3)cc1. The molecule has 1 aromatic heterocycles. The van der Waals surface area contributed by atoms with Crippen LogP contribution in [0.4, 0.5) is 0 Å². The van der Waals surface area contributed by atoms with E-state index >= 15 is 0 Å². The first-order chi connectivity index (χ1) is 14.0. The van der Waals surface area contributed by atoms with Gasteiger partial charge in [0.25, 0.3) is 0 Å². The molecule has 0 aliphatic heterocycles. The number of nitrogens with one attached hydrogen (secondary N) is 2. The van der Waals surface area contributed by atoms with Gasteiger partial charge in [-0.1, -0.05) is 12.1 Å². The molecule has 29 heavy (non-hydrogen) atoms. The second kappa shape index (κ2) is 6.65. The van der Waals surface area contributed by atoms with Gasteiger partial charge in [-0.2, -0.15) is 0 Å². The molecule has 0 unspecified atom stereocenters. The van der Waals surface area contributed by atoms with Gasteiger partial charge in [0, 0.05) is 0 Å².